The third-order valence-corrected chi connectivity index (χ3v) is 9.77. The fraction of sp³-hybridized carbons (Fsp3) is 0.583. The second-order valence-electron chi connectivity index (χ2n) is 14.7. The Morgan fingerprint density at radius 1 is 1.14 bits per heavy atom. The molecule has 5 unspecified atom stereocenters. The summed E-state index contributed by atoms with van der Waals surface area (Å²) >= 11 is 1.51. The van der Waals surface area contributed by atoms with Crippen LogP contribution in [0.2, 0.25) is 0 Å². The molecule has 5 atom stereocenters. The summed E-state index contributed by atoms with van der Waals surface area (Å²) in [5.74, 6) is 7.51. The summed E-state index contributed by atoms with van der Waals surface area (Å²) in [5, 5.41) is 28.5. The van der Waals surface area contributed by atoms with Crippen molar-refractivity contribution in [2.45, 2.75) is 90.6 Å². The normalized spacial score (nSPS) is 20.4. The molecule has 1 saturated heterocycles. The zero-order valence-electron chi connectivity index (χ0n) is 30.5. The number of hydrogen-bond donors (Lipinski definition) is 5. The maximum atomic E-state index is 12.9. The van der Waals surface area contributed by atoms with E-state index in [1.165, 1.54) is 24.4 Å². The first-order chi connectivity index (χ1) is 24.0. The number of hydrogen-bond acceptors (Lipinski definition) is 13. The number of benzene rings is 1. The van der Waals surface area contributed by atoms with Crippen LogP contribution in [0.5, 0.6) is 0 Å². The number of aliphatic hydroxyl groups is 2. The fourth-order valence-corrected chi connectivity index (χ4v) is 5.94. The highest BCUT2D eigenvalue weighted by molar-refractivity contribution is 7.99. The van der Waals surface area contributed by atoms with Gasteiger partial charge in [0.25, 0.3) is 5.91 Å². The molecular weight excluding hydrogens is 673 g/mol. The van der Waals surface area contributed by atoms with Crippen LogP contribution in [-0.4, -0.2) is 103 Å². The molecule has 51 heavy (non-hydrogen) atoms. The number of fused-ring (bicyclic) bond motifs is 1. The van der Waals surface area contributed by atoms with Crippen LogP contribution < -0.4 is 16.8 Å². The number of nitrogens with zero attached hydrogens (tertiary/aromatic N) is 5. The molecule has 0 aliphatic carbocycles. The number of oxime groups is 1. The molecule has 2 aromatic heterocycles. The number of aromatic nitrogens is 4. The summed E-state index contributed by atoms with van der Waals surface area (Å²) < 4.78 is 13.6. The Labute approximate surface area is 304 Å². The minimum Gasteiger partial charge on any atom is -0.395 e. The van der Waals surface area contributed by atoms with Gasteiger partial charge in [0.05, 0.1) is 42.1 Å². The number of ether oxygens (including phenoxy) is 2. The molecule has 0 saturated carbocycles. The number of thioether (sulfide) groups is 1. The van der Waals surface area contributed by atoms with Crippen LogP contribution in [0.4, 0.5) is 5.82 Å². The molecule has 0 radical (unpaired) electrons. The number of carbonyl (C=O) groups excluding carboxylic acids is 1. The Balaban J connectivity index is 1.18. The Hall–Kier alpha value is -3.78. The molecular formula is C36H52N8O6S. The highest BCUT2D eigenvalue weighted by atomic mass is 32.2. The highest BCUT2D eigenvalue weighted by Gasteiger charge is 2.44. The van der Waals surface area contributed by atoms with E-state index in [4.69, 9.17) is 25.8 Å². The summed E-state index contributed by atoms with van der Waals surface area (Å²) in [7, 11) is 0. The van der Waals surface area contributed by atoms with Crippen LogP contribution in [0, 0.1) is 23.2 Å². The minimum absolute atomic E-state index is 0.0101. The Morgan fingerprint density at radius 3 is 2.57 bits per heavy atom. The molecule has 1 amide bonds. The topological polar surface area (TPSA) is 205 Å². The van der Waals surface area contributed by atoms with Crippen molar-refractivity contribution in [3.8, 4) is 11.8 Å². The monoisotopic (exact) mass is 724 g/mol. The Bertz CT molecular complexity index is 1700. The van der Waals surface area contributed by atoms with Crippen molar-refractivity contribution in [3.05, 3.63) is 48.0 Å². The van der Waals surface area contributed by atoms with Gasteiger partial charge in [-0.25, -0.2) is 15.0 Å². The first kappa shape index (κ1) is 40.0. The standard InChI is InChI=1S/C36H52N8O6S/c1-23(9-8-16-51-18-26-28(45)29(46)33(50-26)44-22-41-27-30(38)39-21-40-31(27)44)34(2,3)19-49-42-17-24-10-12-25(13-11-24)32(47)43-35(4,5)20-48-36(6,7)14-15-37/h10-13,17,21-23,26,28-29,33,45-46H,14-16,18-20,37H2,1-7H3,(H,43,47)(H2,38,39,40)/b42-17+. The Kier molecular flexibility index (Phi) is 13.5. The van der Waals surface area contributed by atoms with E-state index in [1.54, 1.807) is 22.9 Å². The van der Waals surface area contributed by atoms with E-state index in [0.29, 0.717) is 48.0 Å². The molecule has 1 aromatic carbocycles. The van der Waals surface area contributed by atoms with Crippen LogP contribution in [0.25, 0.3) is 11.2 Å². The average Bonchev–Trinajstić information content (AvgIpc) is 3.63. The van der Waals surface area contributed by atoms with Gasteiger partial charge in [-0.15, -0.1) is 11.8 Å². The maximum absolute atomic E-state index is 12.9. The lowest BCUT2D eigenvalue weighted by Crippen LogP contribution is -2.49. The maximum Gasteiger partial charge on any atom is 0.251 e. The van der Waals surface area contributed by atoms with Gasteiger partial charge in [0.15, 0.2) is 17.7 Å². The van der Waals surface area contributed by atoms with E-state index < -0.39 is 30.1 Å². The number of nitrogens with two attached hydrogens (primary N) is 2. The lowest BCUT2D eigenvalue weighted by Gasteiger charge is -2.32. The molecule has 7 N–H and O–H groups in total. The quantitative estimate of drug-likeness (QED) is 0.0626. The number of nitrogens with one attached hydrogen (secondary N) is 1. The number of anilines is 1. The van der Waals surface area contributed by atoms with Crippen LogP contribution >= 0.6 is 11.8 Å². The van der Waals surface area contributed by atoms with E-state index in [9.17, 15) is 15.0 Å². The van der Waals surface area contributed by atoms with Gasteiger partial charge >= 0.3 is 0 Å². The van der Waals surface area contributed by atoms with Gasteiger partial charge in [-0.3, -0.25) is 9.36 Å². The van der Waals surface area contributed by atoms with Gasteiger partial charge in [-0.05, 0) is 58.4 Å². The van der Waals surface area contributed by atoms with Gasteiger partial charge in [-0.2, -0.15) is 0 Å². The first-order valence-electron chi connectivity index (χ1n) is 17.0. The fourth-order valence-electron chi connectivity index (χ4n) is 5.13. The SMILES string of the molecule is CC(C#CCSCC1OC(n2cnc3c(N)ncnc32)C(O)C1O)C(C)(C)CO/N=C/c1ccc(C(=O)NC(C)(C)COC(C)(C)CCN)cc1. The molecule has 1 fully saturated rings. The molecule has 3 heterocycles. The van der Waals surface area contributed by atoms with Crippen molar-refractivity contribution in [1.29, 1.82) is 0 Å². The predicted molar refractivity (Wildman–Crippen MR) is 199 cm³/mol. The molecule has 0 spiro atoms. The van der Waals surface area contributed by atoms with Crippen LogP contribution in [0.15, 0.2) is 42.1 Å². The second-order valence-corrected chi connectivity index (χ2v) is 15.8. The lowest BCUT2D eigenvalue weighted by molar-refractivity contribution is -0.0446. The van der Waals surface area contributed by atoms with Crippen molar-refractivity contribution in [2.75, 3.05) is 37.0 Å². The molecule has 0 bridgehead atoms. The van der Waals surface area contributed by atoms with Crippen LogP contribution in [0.1, 0.15) is 77.0 Å². The van der Waals surface area contributed by atoms with Gasteiger partial charge in [-0.1, -0.05) is 49.9 Å². The van der Waals surface area contributed by atoms with E-state index in [2.05, 4.69) is 51.1 Å². The smallest absolute Gasteiger partial charge is 0.251 e. The third kappa shape index (κ3) is 10.9. The highest BCUT2D eigenvalue weighted by Crippen LogP contribution is 2.33. The summed E-state index contributed by atoms with van der Waals surface area (Å²) in [6, 6.07) is 7.12. The number of nitrogen functional groups attached to an aromatic ring is 1. The summed E-state index contributed by atoms with van der Waals surface area (Å²) in [6.07, 6.45) is 1.44. The van der Waals surface area contributed by atoms with Crippen LogP contribution in [-0.2, 0) is 14.3 Å². The van der Waals surface area contributed by atoms with Crippen molar-refractivity contribution in [1.82, 2.24) is 24.8 Å². The molecule has 14 nitrogen and oxygen atoms in total. The third-order valence-electron chi connectivity index (χ3n) is 8.85. The number of amides is 1. The first-order valence-corrected chi connectivity index (χ1v) is 18.1. The second kappa shape index (κ2) is 17.2. The largest absolute Gasteiger partial charge is 0.395 e. The number of carbonyl (C=O) groups is 1. The van der Waals surface area contributed by atoms with E-state index in [1.807, 2.05) is 46.8 Å². The summed E-state index contributed by atoms with van der Waals surface area (Å²) in [6.45, 7) is 15.3. The van der Waals surface area contributed by atoms with Crippen molar-refractivity contribution in [2.24, 2.45) is 22.2 Å². The van der Waals surface area contributed by atoms with Crippen molar-refractivity contribution in [3.63, 3.8) is 0 Å². The zero-order chi connectivity index (χ0) is 37.4. The molecule has 4 rings (SSSR count). The van der Waals surface area contributed by atoms with Crippen LogP contribution in [0.3, 0.4) is 0 Å². The van der Waals surface area contributed by atoms with Gasteiger partial charge in [0.1, 0.15) is 30.7 Å². The Morgan fingerprint density at radius 2 is 1.86 bits per heavy atom. The molecule has 1 aliphatic rings. The van der Waals surface area contributed by atoms with E-state index in [-0.39, 0.29) is 28.7 Å². The average molecular weight is 725 g/mol. The molecule has 278 valence electrons. The minimum atomic E-state index is -1.16. The molecule has 3 aromatic rings. The number of imidazole rings is 1. The van der Waals surface area contributed by atoms with E-state index in [0.717, 1.165) is 12.0 Å². The zero-order valence-corrected chi connectivity index (χ0v) is 31.3. The summed E-state index contributed by atoms with van der Waals surface area (Å²) in [4.78, 5) is 30.8. The number of rotatable bonds is 16. The van der Waals surface area contributed by atoms with Crippen molar-refractivity contribution < 1.29 is 29.3 Å². The van der Waals surface area contributed by atoms with Gasteiger partial charge in [0, 0.05) is 22.6 Å². The van der Waals surface area contributed by atoms with Gasteiger partial charge < -0.3 is 41.3 Å². The summed E-state index contributed by atoms with van der Waals surface area (Å²) in [5.41, 5.74) is 12.5. The number of aliphatic hydroxyl groups excluding tert-OH is 2. The van der Waals surface area contributed by atoms with Gasteiger partial charge in [0.2, 0.25) is 0 Å². The predicted octanol–water partition coefficient (Wildman–Crippen LogP) is 3.13. The molecule has 15 heteroatoms. The van der Waals surface area contributed by atoms with Crippen molar-refractivity contribution >= 4 is 40.9 Å². The lowest BCUT2D eigenvalue weighted by atomic mass is 9.81. The van der Waals surface area contributed by atoms with E-state index >= 15 is 0 Å². The molecule has 1 aliphatic heterocycles.